The van der Waals surface area contributed by atoms with Crippen LogP contribution in [0.15, 0.2) is 36.4 Å². The molecule has 0 aliphatic rings. The van der Waals surface area contributed by atoms with Gasteiger partial charge in [-0.05, 0) is 77.1 Å². The molecule has 120 valence electrons. The number of amides is 1. The van der Waals surface area contributed by atoms with Crippen molar-refractivity contribution < 1.29 is 4.79 Å². The lowest BCUT2D eigenvalue weighted by Crippen LogP contribution is -2.38. The van der Waals surface area contributed by atoms with Crippen molar-refractivity contribution in [1.29, 1.82) is 0 Å². The highest BCUT2D eigenvalue weighted by Gasteiger charge is 2.09. The molecule has 0 heterocycles. The molecule has 0 atom stereocenters. The van der Waals surface area contributed by atoms with Crippen molar-refractivity contribution in [2.75, 3.05) is 0 Å². The molecular weight excluding hydrogens is 466 g/mol. The number of carbonyl (C=O) groups excluding carboxylic acids is 1. The topological polar surface area (TPSA) is 41.1 Å². The van der Waals surface area contributed by atoms with Crippen LogP contribution in [0.25, 0.3) is 0 Å². The Labute approximate surface area is 163 Å². The van der Waals surface area contributed by atoms with Crippen molar-refractivity contribution in [3.05, 3.63) is 66.7 Å². The largest absolute Gasteiger partial charge is 0.358 e. The Hall–Kier alpha value is -0.890. The molecule has 3 nitrogen and oxygen atoms in total. The number of benzene rings is 2. The van der Waals surface area contributed by atoms with Crippen molar-refractivity contribution >= 4 is 69.0 Å². The molecule has 0 spiro atoms. The van der Waals surface area contributed by atoms with Gasteiger partial charge in [0.25, 0.3) is 5.91 Å². The Morgan fingerprint density at radius 2 is 1.96 bits per heavy atom. The maximum absolute atomic E-state index is 12.2. The summed E-state index contributed by atoms with van der Waals surface area (Å²) in [4.78, 5) is 12.2. The van der Waals surface area contributed by atoms with Crippen LogP contribution in [-0.2, 0) is 6.54 Å². The smallest absolute Gasteiger partial charge is 0.257 e. The number of hydrogen-bond acceptors (Lipinski definition) is 2. The molecule has 1 amide bonds. The second-order valence-corrected chi connectivity index (χ2v) is 7.25. The number of carbonyl (C=O) groups is 1. The van der Waals surface area contributed by atoms with Crippen LogP contribution in [-0.4, -0.2) is 11.0 Å². The lowest BCUT2D eigenvalue weighted by molar-refractivity contribution is 0.0976. The number of hydrogen-bond donors (Lipinski definition) is 2. The fourth-order valence-corrected chi connectivity index (χ4v) is 2.95. The van der Waals surface area contributed by atoms with Crippen molar-refractivity contribution in [1.82, 2.24) is 10.6 Å². The van der Waals surface area contributed by atoms with Crippen LogP contribution in [0.5, 0.6) is 0 Å². The molecule has 0 aliphatic heterocycles. The van der Waals surface area contributed by atoms with Gasteiger partial charge in [0, 0.05) is 25.7 Å². The standard InChI is InChI=1S/C16H13Cl2IN2OS/c1-9-2-3-10(6-14(9)19)15(22)21-16(23)20-8-11-4-5-12(17)7-13(11)18/h2-7H,8H2,1H3,(H2,20,21,22,23). The van der Waals surface area contributed by atoms with E-state index in [1.165, 1.54) is 0 Å². The maximum Gasteiger partial charge on any atom is 0.257 e. The third kappa shape index (κ3) is 5.31. The normalized spacial score (nSPS) is 10.3. The minimum Gasteiger partial charge on any atom is -0.358 e. The predicted octanol–water partition coefficient (Wildman–Crippen LogP) is 4.71. The third-order valence-corrected chi connectivity index (χ3v) is 5.11. The van der Waals surface area contributed by atoms with Gasteiger partial charge in [-0.25, -0.2) is 0 Å². The van der Waals surface area contributed by atoms with Gasteiger partial charge in [-0.3, -0.25) is 10.1 Å². The van der Waals surface area contributed by atoms with E-state index in [1.807, 2.05) is 25.1 Å². The third-order valence-electron chi connectivity index (χ3n) is 3.12. The summed E-state index contributed by atoms with van der Waals surface area (Å²) >= 11 is 19.3. The zero-order chi connectivity index (χ0) is 17.0. The molecule has 0 radical (unpaired) electrons. The highest BCUT2D eigenvalue weighted by atomic mass is 127. The number of halogens is 3. The van der Waals surface area contributed by atoms with Crippen LogP contribution in [0.3, 0.4) is 0 Å². The fraction of sp³-hybridized carbons (Fsp3) is 0.125. The Bertz CT molecular complexity index is 768. The molecule has 0 saturated carbocycles. The predicted molar refractivity (Wildman–Crippen MR) is 107 cm³/mol. The van der Waals surface area contributed by atoms with E-state index in [0.717, 1.165) is 14.7 Å². The number of aryl methyl sites for hydroxylation is 1. The van der Waals surface area contributed by atoms with Gasteiger partial charge in [-0.1, -0.05) is 35.3 Å². The summed E-state index contributed by atoms with van der Waals surface area (Å²) in [5.41, 5.74) is 2.53. The van der Waals surface area contributed by atoms with E-state index in [-0.39, 0.29) is 11.0 Å². The summed E-state index contributed by atoms with van der Waals surface area (Å²) in [6, 6.07) is 10.7. The van der Waals surface area contributed by atoms with Crippen LogP contribution >= 0.6 is 58.0 Å². The first-order valence-corrected chi connectivity index (χ1v) is 8.90. The van der Waals surface area contributed by atoms with Crippen molar-refractivity contribution in [2.24, 2.45) is 0 Å². The SMILES string of the molecule is Cc1ccc(C(=O)NC(=S)NCc2ccc(Cl)cc2Cl)cc1I. The molecule has 2 N–H and O–H groups in total. The van der Waals surface area contributed by atoms with Crippen LogP contribution < -0.4 is 10.6 Å². The van der Waals surface area contributed by atoms with E-state index in [0.29, 0.717) is 22.2 Å². The van der Waals surface area contributed by atoms with E-state index in [2.05, 4.69) is 33.2 Å². The summed E-state index contributed by atoms with van der Waals surface area (Å²) in [5, 5.41) is 6.98. The zero-order valence-corrected chi connectivity index (χ0v) is 16.6. The number of thiocarbonyl (C=S) groups is 1. The van der Waals surface area contributed by atoms with Crippen molar-refractivity contribution in [3.63, 3.8) is 0 Å². The minimum atomic E-state index is -0.248. The van der Waals surface area contributed by atoms with E-state index in [9.17, 15) is 4.79 Å². The average Bonchev–Trinajstić information content (AvgIpc) is 2.49. The van der Waals surface area contributed by atoms with Crippen LogP contribution in [0.4, 0.5) is 0 Å². The van der Waals surface area contributed by atoms with Crippen molar-refractivity contribution in [2.45, 2.75) is 13.5 Å². The van der Waals surface area contributed by atoms with Gasteiger partial charge in [0.15, 0.2) is 5.11 Å². The Kier molecular flexibility index (Phi) is 6.64. The number of nitrogens with one attached hydrogen (secondary N) is 2. The Morgan fingerprint density at radius 1 is 1.22 bits per heavy atom. The molecule has 2 rings (SSSR count). The van der Waals surface area contributed by atoms with Gasteiger partial charge in [0.2, 0.25) is 0 Å². The van der Waals surface area contributed by atoms with E-state index in [1.54, 1.807) is 18.2 Å². The first kappa shape index (κ1) is 18.4. The lowest BCUT2D eigenvalue weighted by Gasteiger charge is -2.11. The van der Waals surface area contributed by atoms with Gasteiger partial charge in [-0.15, -0.1) is 0 Å². The minimum absolute atomic E-state index is 0.247. The summed E-state index contributed by atoms with van der Waals surface area (Å²) in [5.74, 6) is -0.248. The Balaban J connectivity index is 1.93. The van der Waals surface area contributed by atoms with Gasteiger partial charge in [0.05, 0.1) is 0 Å². The molecule has 0 aromatic heterocycles. The fourth-order valence-electron chi connectivity index (χ4n) is 1.79. The molecule has 2 aromatic rings. The lowest BCUT2D eigenvalue weighted by atomic mass is 10.1. The van der Waals surface area contributed by atoms with E-state index >= 15 is 0 Å². The molecule has 0 fully saturated rings. The molecule has 0 bridgehead atoms. The van der Waals surface area contributed by atoms with Crippen LogP contribution in [0.2, 0.25) is 10.0 Å². The van der Waals surface area contributed by atoms with Crippen LogP contribution in [0, 0.1) is 10.5 Å². The quantitative estimate of drug-likeness (QED) is 0.495. The first-order chi connectivity index (χ1) is 10.9. The Morgan fingerprint density at radius 3 is 2.61 bits per heavy atom. The monoisotopic (exact) mass is 478 g/mol. The summed E-state index contributed by atoms with van der Waals surface area (Å²) in [6.45, 7) is 2.39. The number of rotatable bonds is 3. The average molecular weight is 479 g/mol. The molecule has 0 aliphatic carbocycles. The zero-order valence-electron chi connectivity index (χ0n) is 12.1. The van der Waals surface area contributed by atoms with E-state index in [4.69, 9.17) is 35.4 Å². The van der Waals surface area contributed by atoms with Gasteiger partial charge >= 0.3 is 0 Å². The second kappa shape index (κ2) is 8.28. The van der Waals surface area contributed by atoms with Crippen molar-refractivity contribution in [3.8, 4) is 0 Å². The van der Waals surface area contributed by atoms with Gasteiger partial charge in [0.1, 0.15) is 0 Å². The van der Waals surface area contributed by atoms with Crippen LogP contribution in [0.1, 0.15) is 21.5 Å². The molecular formula is C16H13Cl2IN2OS. The highest BCUT2D eigenvalue weighted by molar-refractivity contribution is 14.1. The molecule has 23 heavy (non-hydrogen) atoms. The summed E-state index contributed by atoms with van der Waals surface area (Å²) in [6.07, 6.45) is 0. The van der Waals surface area contributed by atoms with Gasteiger partial charge < -0.3 is 5.32 Å². The highest BCUT2D eigenvalue weighted by Crippen LogP contribution is 2.20. The first-order valence-electron chi connectivity index (χ1n) is 6.66. The second-order valence-electron chi connectivity index (χ2n) is 4.84. The maximum atomic E-state index is 12.2. The summed E-state index contributed by atoms with van der Waals surface area (Å²) in [7, 11) is 0. The molecule has 7 heteroatoms. The van der Waals surface area contributed by atoms with E-state index < -0.39 is 0 Å². The molecule has 0 saturated heterocycles. The molecule has 2 aromatic carbocycles. The molecule has 0 unspecified atom stereocenters. The summed E-state index contributed by atoms with van der Waals surface area (Å²) < 4.78 is 1.03. The van der Waals surface area contributed by atoms with Gasteiger partial charge in [-0.2, -0.15) is 0 Å².